The fourth-order valence-corrected chi connectivity index (χ4v) is 4.27. The topological polar surface area (TPSA) is 99.9 Å². The molecule has 2 aromatic carbocycles. The standard InChI is InChI=1S/C25H33N5O3/c26-22-5-1-2-6-23(22)28-24(31)19-7-9-20(10-8-19)25(32)30-15-13-29(14-16-30)12-3-4-21-18-27-11-17-33-21/h1-2,5-10,21,27H,3-4,11-18,26H2,(H,28,31). The van der Waals surface area contributed by atoms with Crippen LogP contribution in [0.15, 0.2) is 48.5 Å². The second-order valence-electron chi connectivity index (χ2n) is 8.59. The number of para-hydroxylation sites is 2. The van der Waals surface area contributed by atoms with E-state index in [0.717, 1.165) is 65.3 Å². The first-order valence-electron chi connectivity index (χ1n) is 11.7. The number of piperazine rings is 1. The number of nitrogens with zero attached hydrogens (tertiary/aromatic N) is 2. The minimum Gasteiger partial charge on any atom is -0.397 e. The third kappa shape index (κ3) is 6.31. The molecule has 0 bridgehead atoms. The number of hydrogen-bond donors (Lipinski definition) is 3. The zero-order chi connectivity index (χ0) is 23.0. The van der Waals surface area contributed by atoms with Gasteiger partial charge in [-0.1, -0.05) is 12.1 Å². The Morgan fingerprint density at radius 2 is 1.76 bits per heavy atom. The van der Waals surface area contributed by atoms with Crippen LogP contribution in [0.5, 0.6) is 0 Å². The van der Waals surface area contributed by atoms with Crippen LogP contribution in [-0.2, 0) is 4.74 Å². The summed E-state index contributed by atoms with van der Waals surface area (Å²) in [5, 5.41) is 6.17. The number of nitrogens with one attached hydrogen (secondary N) is 2. The largest absolute Gasteiger partial charge is 0.397 e. The highest BCUT2D eigenvalue weighted by molar-refractivity contribution is 6.06. The van der Waals surface area contributed by atoms with E-state index in [4.69, 9.17) is 10.5 Å². The van der Waals surface area contributed by atoms with Crippen molar-refractivity contribution in [3.63, 3.8) is 0 Å². The molecule has 2 fully saturated rings. The highest BCUT2D eigenvalue weighted by Crippen LogP contribution is 2.18. The third-order valence-corrected chi connectivity index (χ3v) is 6.27. The summed E-state index contributed by atoms with van der Waals surface area (Å²) in [4.78, 5) is 29.7. The number of anilines is 2. The molecule has 2 aliphatic rings. The van der Waals surface area contributed by atoms with Crippen molar-refractivity contribution in [2.24, 2.45) is 0 Å². The van der Waals surface area contributed by atoms with Crippen molar-refractivity contribution in [2.45, 2.75) is 18.9 Å². The maximum atomic E-state index is 12.9. The van der Waals surface area contributed by atoms with E-state index >= 15 is 0 Å². The molecule has 2 heterocycles. The maximum absolute atomic E-state index is 12.9. The Balaban J connectivity index is 1.22. The van der Waals surface area contributed by atoms with Gasteiger partial charge in [-0.15, -0.1) is 0 Å². The SMILES string of the molecule is Nc1ccccc1NC(=O)c1ccc(C(=O)N2CCN(CCCC3CNCCO3)CC2)cc1. The van der Waals surface area contributed by atoms with Crippen LogP contribution >= 0.6 is 0 Å². The molecular weight excluding hydrogens is 418 g/mol. The molecule has 8 heteroatoms. The van der Waals surface area contributed by atoms with Crippen LogP contribution < -0.4 is 16.4 Å². The maximum Gasteiger partial charge on any atom is 0.255 e. The summed E-state index contributed by atoms with van der Waals surface area (Å²) in [6.45, 7) is 6.94. The van der Waals surface area contributed by atoms with Gasteiger partial charge in [0.15, 0.2) is 0 Å². The van der Waals surface area contributed by atoms with Crippen LogP contribution in [0.1, 0.15) is 33.6 Å². The van der Waals surface area contributed by atoms with E-state index in [2.05, 4.69) is 15.5 Å². The van der Waals surface area contributed by atoms with Crippen LogP contribution in [0.2, 0.25) is 0 Å². The van der Waals surface area contributed by atoms with Crippen LogP contribution in [-0.4, -0.2) is 80.1 Å². The summed E-state index contributed by atoms with van der Waals surface area (Å²) in [6.07, 6.45) is 2.51. The summed E-state index contributed by atoms with van der Waals surface area (Å²) in [7, 11) is 0. The number of morpholine rings is 1. The van der Waals surface area contributed by atoms with E-state index < -0.39 is 0 Å². The number of nitrogens with two attached hydrogens (primary N) is 1. The molecule has 176 valence electrons. The summed E-state index contributed by atoms with van der Waals surface area (Å²) in [5.74, 6) is -0.245. The molecule has 0 aromatic heterocycles. The smallest absolute Gasteiger partial charge is 0.255 e. The van der Waals surface area contributed by atoms with Crippen molar-refractivity contribution >= 4 is 23.2 Å². The number of ether oxygens (including phenoxy) is 1. The number of benzene rings is 2. The molecule has 2 amide bonds. The Morgan fingerprint density at radius 1 is 1.03 bits per heavy atom. The molecule has 0 spiro atoms. The Bertz CT molecular complexity index is 935. The van der Waals surface area contributed by atoms with Gasteiger partial charge < -0.3 is 26.0 Å². The first kappa shape index (κ1) is 23.2. The summed E-state index contributed by atoms with van der Waals surface area (Å²) in [6, 6.07) is 13.9. The molecule has 0 aliphatic carbocycles. The first-order chi connectivity index (χ1) is 16.1. The predicted octanol–water partition coefficient (Wildman–Crippen LogP) is 2.05. The molecule has 33 heavy (non-hydrogen) atoms. The number of carbonyl (C=O) groups excluding carboxylic acids is 2. The van der Waals surface area contributed by atoms with Gasteiger partial charge in [0.1, 0.15) is 0 Å². The van der Waals surface area contributed by atoms with Gasteiger partial charge in [0.2, 0.25) is 0 Å². The predicted molar refractivity (Wildman–Crippen MR) is 129 cm³/mol. The lowest BCUT2D eigenvalue weighted by atomic mass is 10.1. The van der Waals surface area contributed by atoms with Crippen molar-refractivity contribution in [1.82, 2.24) is 15.1 Å². The zero-order valence-electron chi connectivity index (χ0n) is 19.0. The van der Waals surface area contributed by atoms with Gasteiger partial charge in [-0.25, -0.2) is 0 Å². The van der Waals surface area contributed by atoms with Crippen LogP contribution in [0.3, 0.4) is 0 Å². The lowest BCUT2D eigenvalue weighted by Gasteiger charge is -2.35. The Labute approximate surface area is 195 Å². The van der Waals surface area contributed by atoms with Crippen molar-refractivity contribution < 1.29 is 14.3 Å². The number of hydrogen-bond acceptors (Lipinski definition) is 6. The van der Waals surface area contributed by atoms with Gasteiger partial charge in [0.05, 0.1) is 24.1 Å². The van der Waals surface area contributed by atoms with Gasteiger partial charge in [-0.05, 0) is 55.8 Å². The second-order valence-corrected chi connectivity index (χ2v) is 8.59. The monoisotopic (exact) mass is 451 g/mol. The van der Waals surface area contributed by atoms with Crippen molar-refractivity contribution in [1.29, 1.82) is 0 Å². The van der Waals surface area contributed by atoms with Gasteiger partial charge in [0.25, 0.3) is 11.8 Å². The average Bonchev–Trinajstić information content (AvgIpc) is 2.86. The molecule has 4 N–H and O–H groups in total. The van der Waals surface area contributed by atoms with Gasteiger partial charge in [0, 0.05) is 50.4 Å². The first-order valence-corrected chi connectivity index (χ1v) is 11.7. The summed E-state index contributed by atoms with van der Waals surface area (Å²) in [5.41, 5.74) is 8.05. The van der Waals surface area contributed by atoms with Crippen molar-refractivity contribution in [3.05, 3.63) is 59.7 Å². The fraction of sp³-hybridized carbons (Fsp3) is 0.440. The molecule has 2 aromatic rings. The summed E-state index contributed by atoms with van der Waals surface area (Å²) < 4.78 is 5.76. The number of carbonyl (C=O) groups is 2. The van der Waals surface area contributed by atoms with Crippen molar-refractivity contribution in [3.8, 4) is 0 Å². The highest BCUT2D eigenvalue weighted by Gasteiger charge is 2.22. The van der Waals surface area contributed by atoms with E-state index in [1.54, 1.807) is 36.4 Å². The molecule has 1 unspecified atom stereocenters. The lowest BCUT2D eigenvalue weighted by Crippen LogP contribution is -2.49. The van der Waals surface area contributed by atoms with Crippen molar-refractivity contribution in [2.75, 3.05) is 63.5 Å². The van der Waals surface area contributed by atoms with Gasteiger partial charge in [-0.3, -0.25) is 14.5 Å². The molecule has 4 rings (SSSR count). The minimum absolute atomic E-state index is 0.00981. The average molecular weight is 452 g/mol. The van der Waals surface area contributed by atoms with Gasteiger partial charge >= 0.3 is 0 Å². The van der Waals surface area contributed by atoms with E-state index in [0.29, 0.717) is 28.6 Å². The van der Waals surface area contributed by atoms with Crippen LogP contribution in [0.4, 0.5) is 11.4 Å². The Morgan fingerprint density at radius 3 is 2.45 bits per heavy atom. The van der Waals surface area contributed by atoms with E-state index in [1.807, 2.05) is 17.0 Å². The molecule has 0 radical (unpaired) electrons. The Hall–Kier alpha value is -2.94. The van der Waals surface area contributed by atoms with E-state index in [9.17, 15) is 9.59 Å². The highest BCUT2D eigenvalue weighted by atomic mass is 16.5. The minimum atomic E-state index is -0.255. The molecule has 1 atom stereocenters. The number of amides is 2. The third-order valence-electron chi connectivity index (χ3n) is 6.27. The van der Waals surface area contributed by atoms with Crippen LogP contribution in [0, 0.1) is 0 Å². The molecule has 8 nitrogen and oxygen atoms in total. The molecule has 0 saturated carbocycles. The second kappa shape index (κ2) is 11.3. The van der Waals surface area contributed by atoms with Gasteiger partial charge in [-0.2, -0.15) is 0 Å². The molecular formula is C25H33N5O3. The van der Waals surface area contributed by atoms with Crippen LogP contribution in [0.25, 0.3) is 0 Å². The fourth-order valence-electron chi connectivity index (χ4n) is 4.27. The molecule has 2 aliphatic heterocycles. The number of rotatable bonds is 7. The summed E-state index contributed by atoms with van der Waals surface area (Å²) >= 11 is 0. The van der Waals surface area contributed by atoms with E-state index in [1.165, 1.54) is 0 Å². The zero-order valence-corrected chi connectivity index (χ0v) is 19.0. The quantitative estimate of drug-likeness (QED) is 0.557. The normalized spacial score (nSPS) is 19.3. The Kier molecular flexibility index (Phi) is 7.93. The van der Waals surface area contributed by atoms with E-state index in [-0.39, 0.29) is 11.8 Å². The lowest BCUT2D eigenvalue weighted by molar-refractivity contribution is 0.0198. The number of nitrogen functional groups attached to an aromatic ring is 1. The molecule has 2 saturated heterocycles.